The van der Waals surface area contributed by atoms with Crippen LogP contribution in [0, 0.1) is 12.3 Å². The Morgan fingerprint density at radius 2 is 1.73 bits per heavy atom. The molecule has 1 saturated heterocycles. The number of benzene rings is 1. The second-order valence-corrected chi connectivity index (χ2v) is 13.9. The Bertz CT molecular complexity index is 1390. The molecule has 2 aromatic heterocycles. The molecule has 0 spiro atoms. The molecule has 238 valence electrons. The average molecular weight is 623 g/mol. The van der Waals surface area contributed by atoms with Crippen molar-refractivity contribution in [1.82, 2.24) is 9.97 Å². The maximum Gasteiger partial charge on any atom is 0.340 e. The van der Waals surface area contributed by atoms with Crippen molar-refractivity contribution in [2.45, 2.75) is 86.0 Å². The largest absolute Gasteiger partial charge is 0.492 e. The van der Waals surface area contributed by atoms with Gasteiger partial charge in [0.15, 0.2) is 6.10 Å². The van der Waals surface area contributed by atoms with Crippen molar-refractivity contribution in [3.63, 3.8) is 0 Å². The molecule has 4 rings (SSSR count). The molecule has 1 aliphatic heterocycles. The van der Waals surface area contributed by atoms with E-state index in [1.807, 2.05) is 78.2 Å². The molecule has 1 fully saturated rings. The first kappa shape index (κ1) is 33.5. The predicted octanol–water partition coefficient (Wildman–Crippen LogP) is 8.03. The van der Waals surface area contributed by atoms with Gasteiger partial charge in [-0.3, -0.25) is 4.98 Å². The lowest BCUT2D eigenvalue weighted by molar-refractivity contribution is -0.171. The van der Waals surface area contributed by atoms with Crippen molar-refractivity contribution >= 4 is 29.1 Å². The number of hydrogen-bond acceptors (Lipinski definition) is 8. The summed E-state index contributed by atoms with van der Waals surface area (Å²) >= 11 is 5.95. The summed E-state index contributed by atoms with van der Waals surface area (Å²) in [7, 11) is 0. The van der Waals surface area contributed by atoms with Crippen LogP contribution in [0.2, 0.25) is 5.02 Å². The quantitative estimate of drug-likeness (QED) is 0.170. The fraction of sp³-hybridized carbons (Fsp3) is 0.514. The summed E-state index contributed by atoms with van der Waals surface area (Å²) in [6, 6.07) is 11.3. The molecule has 3 heterocycles. The number of anilines is 2. The van der Waals surface area contributed by atoms with Crippen molar-refractivity contribution in [3.05, 3.63) is 65.1 Å². The van der Waals surface area contributed by atoms with Gasteiger partial charge < -0.3 is 24.4 Å². The monoisotopic (exact) mass is 622 g/mol. The van der Waals surface area contributed by atoms with E-state index in [1.54, 1.807) is 12.1 Å². The molecule has 44 heavy (non-hydrogen) atoms. The molecule has 9 heteroatoms. The number of hydrogen-bond donors (Lipinski definition) is 1. The van der Waals surface area contributed by atoms with Gasteiger partial charge >= 0.3 is 5.97 Å². The number of pyridine rings is 2. The number of rotatable bonds is 11. The fourth-order valence-electron chi connectivity index (χ4n) is 5.22. The number of halogens is 1. The Balaban J connectivity index is 1.66. The highest BCUT2D eigenvalue weighted by molar-refractivity contribution is 6.30. The molecule has 1 aliphatic rings. The normalized spacial score (nSPS) is 15.6. The van der Waals surface area contributed by atoms with Crippen LogP contribution >= 0.6 is 11.6 Å². The van der Waals surface area contributed by atoms with Crippen molar-refractivity contribution < 1.29 is 19.0 Å². The Morgan fingerprint density at radius 3 is 2.32 bits per heavy atom. The lowest BCUT2D eigenvalue weighted by atomic mass is 9.82. The molecule has 1 aromatic carbocycles. The average Bonchev–Trinajstić information content (AvgIpc) is 2.95. The maximum absolute atomic E-state index is 13.6. The van der Waals surface area contributed by atoms with Crippen LogP contribution in [0.5, 0.6) is 5.75 Å². The molecule has 8 nitrogen and oxygen atoms in total. The van der Waals surface area contributed by atoms with Gasteiger partial charge in [0.1, 0.15) is 18.2 Å². The van der Waals surface area contributed by atoms with Gasteiger partial charge in [-0.05, 0) is 96.2 Å². The van der Waals surface area contributed by atoms with E-state index in [-0.39, 0.29) is 11.5 Å². The molecule has 0 unspecified atom stereocenters. The van der Waals surface area contributed by atoms with E-state index in [2.05, 4.69) is 24.1 Å². The highest BCUT2D eigenvalue weighted by atomic mass is 35.5. The number of nitrogens with zero attached hydrogens (tertiary/aromatic N) is 3. The molecule has 0 amide bonds. The van der Waals surface area contributed by atoms with E-state index in [4.69, 9.17) is 35.8 Å². The Kier molecular flexibility index (Phi) is 10.8. The number of aryl methyl sites for hydroxylation is 1. The Morgan fingerprint density at radius 1 is 1.05 bits per heavy atom. The third kappa shape index (κ3) is 9.08. The van der Waals surface area contributed by atoms with Gasteiger partial charge in [-0.25, -0.2) is 9.78 Å². The molecular weight excluding hydrogens is 576 g/mol. The number of nitrogens with one attached hydrogen (secondary N) is 1. The highest BCUT2D eigenvalue weighted by Crippen LogP contribution is 2.43. The number of carbonyl (C=O) groups is 1. The SMILES string of the molecule is Cc1ncc(-c2ccc(NCCOc3ccc(Cl)cc3)nc2)c(N2CCC(C)(C)CC2)c1[C@H](OC(C)(C)C)C(=O)OC(C)C. The third-order valence-electron chi connectivity index (χ3n) is 7.59. The van der Waals surface area contributed by atoms with Crippen molar-refractivity contribution in [2.24, 2.45) is 5.41 Å². The summed E-state index contributed by atoms with van der Waals surface area (Å²) in [6.45, 7) is 18.9. The molecule has 3 aromatic rings. The zero-order valence-corrected chi connectivity index (χ0v) is 28.1. The minimum absolute atomic E-state index is 0.253. The van der Waals surface area contributed by atoms with Gasteiger partial charge in [0.05, 0.1) is 23.9 Å². The summed E-state index contributed by atoms with van der Waals surface area (Å²) in [5, 5.41) is 4.00. The number of esters is 1. The van der Waals surface area contributed by atoms with Crippen molar-refractivity contribution in [3.8, 4) is 16.9 Å². The van der Waals surface area contributed by atoms with Crippen LogP contribution in [-0.4, -0.2) is 53.9 Å². The van der Waals surface area contributed by atoms with E-state index in [1.165, 1.54) is 0 Å². The van der Waals surface area contributed by atoms with Crippen LogP contribution in [0.3, 0.4) is 0 Å². The Hall–Kier alpha value is -3.36. The zero-order valence-electron chi connectivity index (χ0n) is 27.4. The van der Waals surface area contributed by atoms with Crippen LogP contribution in [-0.2, 0) is 14.3 Å². The smallest absolute Gasteiger partial charge is 0.340 e. The molecule has 0 radical (unpaired) electrons. The Labute approximate surface area is 267 Å². The van der Waals surface area contributed by atoms with Gasteiger partial charge in [-0.15, -0.1) is 0 Å². The van der Waals surface area contributed by atoms with Crippen LogP contribution < -0.4 is 15.0 Å². The predicted molar refractivity (Wildman–Crippen MR) is 178 cm³/mol. The minimum Gasteiger partial charge on any atom is -0.492 e. The summed E-state index contributed by atoms with van der Waals surface area (Å²) in [5.41, 5.74) is 3.95. The van der Waals surface area contributed by atoms with E-state index < -0.39 is 17.7 Å². The van der Waals surface area contributed by atoms with Crippen LogP contribution in [0.25, 0.3) is 11.1 Å². The summed E-state index contributed by atoms with van der Waals surface area (Å²) in [6.07, 6.45) is 4.61. The molecule has 0 saturated carbocycles. The van der Waals surface area contributed by atoms with Gasteiger partial charge in [0.25, 0.3) is 0 Å². The van der Waals surface area contributed by atoms with Gasteiger partial charge in [0, 0.05) is 52.9 Å². The van der Waals surface area contributed by atoms with Crippen LogP contribution in [0.15, 0.2) is 48.8 Å². The molecule has 0 aliphatic carbocycles. The lowest BCUT2D eigenvalue weighted by Crippen LogP contribution is -2.39. The summed E-state index contributed by atoms with van der Waals surface area (Å²) < 4.78 is 18.0. The topological polar surface area (TPSA) is 85.8 Å². The van der Waals surface area contributed by atoms with Crippen LogP contribution in [0.1, 0.15) is 78.7 Å². The van der Waals surface area contributed by atoms with E-state index in [0.717, 1.165) is 65.6 Å². The summed E-state index contributed by atoms with van der Waals surface area (Å²) in [4.78, 5) is 25.5. The minimum atomic E-state index is -0.927. The van der Waals surface area contributed by atoms with Gasteiger partial charge in [-0.2, -0.15) is 0 Å². The fourth-order valence-corrected chi connectivity index (χ4v) is 5.35. The molecule has 0 bridgehead atoms. The number of ether oxygens (including phenoxy) is 3. The van der Waals surface area contributed by atoms with E-state index >= 15 is 0 Å². The third-order valence-corrected chi connectivity index (χ3v) is 7.84. The standard InChI is InChI=1S/C35H47ClN4O4/c1-23(2)43-33(41)32(44-34(4,5)6)30-24(3)38-22-28(31(30)40-18-15-35(7,8)16-19-40)25-9-14-29(39-21-25)37-17-20-42-27-12-10-26(36)11-13-27/h9-14,21-23,32H,15-20H2,1-8H3,(H,37,39)/t32-/m0/s1. The number of carbonyl (C=O) groups excluding carboxylic acids is 1. The molecular formula is C35H47ClN4O4. The maximum atomic E-state index is 13.6. The highest BCUT2D eigenvalue weighted by Gasteiger charge is 2.37. The van der Waals surface area contributed by atoms with Gasteiger partial charge in [0.2, 0.25) is 0 Å². The number of aromatic nitrogens is 2. The second kappa shape index (κ2) is 14.2. The first-order valence-corrected chi connectivity index (χ1v) is 15.8. The summed E-state index contributed by atoms with van der Waals surface area (Å²) in [5.74, 6) is 1.10. The van der Waals surface area contributed by atoms with Crippen molar-refractivity contribution in [2.75, 3.05) is 36.5 Å². The first-order valence-electron chi connectivity index (χ1n) is 15.4. The lowest BCUT2D eigenvalue weighted by Gasteiger charge is -2.41. The van der Waals surface area contributed by atoms with Crippen molar-refractivity contribution in [1.29, 1.82) is 0 Å². The first-order chi connectivity index (χ1) is 20.7. The van der Waals surface area contributed by atoms with E-state index in [9.17, 15) is 4.79 Å². The number of piperidine rings is 1. The van der Waals surface area contributed by atoms with Gasteiger partial charge in [-0.1, -0.05) is 25.4 Å². The zero-order chi connectivity index (χ0) is 32.1. The molecule has 1 N–H and O–H groups in total. The van der Waals surface area contributed by atoms with Crippen LogP contribution in [0.4, 0.5) is 11.5 Å². The van der Waals surface area contributed by atoms with E-state index in [0.29, 0.717) is 18.2 Å². The second-order valence-electron chi connectivity index (χ2n) is 13.4. The molecule has 1 atom stereocenters.